The highest BCUT2D eigenvalue weighted by Gasteiger charge is 2.20. The van der Waals surface area contributed by atoms with Gasteiger partial charge in [0, 0.05) is 5.71 Å². The zero-order chi connectivity index (χ0) is 19.9. The summed E-state index contributed by atoms with van der Waals surface area (Å²) in [5.74, 6) is -0.485. The van der Waals surface area contributed by atoms with Crippen LogP contribution in [0.25, 0.3) is 0 Å². The Morgan fingerprint density at radius 2 is 1.81 bits per heavy atom. The van der Waals surface area contributed by atoms with E-state index < -0.39 is 15.9 Å². The van der Waals surface area contributed by atoms with Crippen LogP contribution in [-0.2, 0) is 21.2 Å². The van der Waals surface area contributed by atoms with E-state index in [1.165, 1.54) is 5.56 Å². The number of anilines is 1. The van der Waals surface area contributed by atoms with Crippen LogP contribution < -0.4 is 9.73 Å². The quantitative estimate of drug-likeness (QED) is 0.559. The zero-order valence-electron chi connectivity index (χ0n) is 15.8. The van der Waals surface area contributed by atoms with Crippen molar-refractivity contribution >= 4 is 27.3 Å². The van der Waals surface area contributed by atoms with Crippen molar-refractivity contribution in [3.05, 3.63) is 65.7 Å². The SMILES string of the molecule is CC(CCc1ccccc1)=NNC(=O)CN(c1cccc(C)c1)S(C)(=O)=O. The van der Waals surface area contributed by atoms with Gasteiger partial charge < -0.3 is 0 Å². The van der Waals surface area contributed by atoms with Crippen LogP contribution in [-0.4, -0.2) is 32.8 Å². The first kappa shape index (κ1) is 20.6. The molecule has 0 aliphatic carbocycles. The Balaban J connectivity index is 1.97. The summed E-state index contributed by atoms with van der Waals surface area (Å²) in [4.78, 5) is 12.2. The number of hydrogen-bond acceptors (Lipinski definition) is 4. The van der Waals surface area contributed by atoms with Crippen molar-refractivity contribution in [2.45, 2.75) is 26.7 Å². The number of hydrazone groups is 1. The van der Waals surface area contributed by atoms with Gasteiger partial charge in [-0.3, -0.25) is 9.10 Å². The number of carbonyl (C=O) groups is 1. The second-order valence-corrected chi connectivity index (χ2v) is 8.38. The first-order chi connectivity index (χ1) is 12.8. The number of sulfonamides is 1. The first-order valence-electron chi connectivity index (χ1n) is 8.66. The first-order valence-corrected chi connectivity index (χ1v) is 10.5. The van der Waals surface area contributed by atoms with Crippen LogP contribution in [0, 0.1) is 6.92 Å². The molecule has 144 valence electrons. The van der Waals surface area contributed by atoms with Crippen LogP contribution in [0.2, 0.25) is 0 Å². The van der Waals surface area contributed by atoms with Gasteiger partial charge in [-0.05, 0) is 49.9 Å². The smallest absolute Gasteiger partial charge is 0.260 e. The number of rotatable bonds is 8. The minimum Gasteiger partial charge on any atom is -0.271 e. The van der Waals surface area contributed by atoms with Crippen molar-refractivity contribution < 1.29 is 13.2 Å². The molecular formula is C20H25N3O3S. The zero-order valence-corrected chi connectivity index (χ0v) is 16.7. The average Bonchev–Trinajstić information content (AvgIpc) is 2.62. The molecule has 0 unspecified atom stereocenters. The maximum Gasteiger partial charge on any atom is 0.260 e. The van der Waals surface area contributed by atoms with Crippen LogP contribution in [0.15, 0.2) is 59.7 Å². The number of amides is 1. The van der Waals surface area contributed by atoms with E-state index in [1.54, 1.807) is 18.2 Å². The van der Waals surface area contributed by atoms with Gasteiger partial charge in [0.25, 0.3) is 5.91 Å². The van der Waals surface area contributed by atoms with Crippen LogP contribution in [0.4, 0.5) is 5.69 Å². The number of nitrogens with one attached hydrogen (secondary N) is 1. The van der Waals surface area contributed by atoms with Gasteiger partial charge in [-0.2, -0.15) is 5.10 Å². The van der Waals surface area contributed by atoms with Crippen molar-refractivity contribution in [2.24, 2.45) is 5.10 Å². The number of benzene rings is 2. The molecule has 6 nitrogen and oxygen atoms in total. The number of nitrogens with zero attached hydrogens (tertiary/aromatic N) is 2. The fourth-order valence-corrected chi connectivity index (χ4v) is 3.38. The maximum atomic E-state index is 12.2. The molecule has 0 heterocycles. The topological polar surface area (TPSA) is 78.8 Å². The summed E-state index contributed by atoms with van der Waals surface area (Å²) in [6.07, 6.45) is 2.61. The molecule has 2 aromatic rings. The van der Waals surface area contributed by atoms with Crippen LogP contribution >= 0.6 is 0 Å². The second kappa shape index (κ2) is 9.32. The summed E-state index contributed by atoms with van der Waals surface area (Å²) >= 11 is 0. The van der Waals surface area contributed by atoms with Gasteiger partial charge in [0.2, 0.25) is 10.0 Å². The van der Waals surface area contributed by atoms with Gasteiger partial charge >= 0.3 is 0 Å². The van der Waals surface area contributed by atoms with E-state index >= 15 is 0 Å². The molecule has 0 aromatic heterocycles. The molecule has 0 spiro atoms. The third-order valence-corrected chi connectivity index (χ3v) is 5.11. The largest absolute Gasteiger partial charge is 0.271 e. The van der Waals surface area contributed by atoms with Crippen molar-refractivity contribution in [1.82, 2.24) is 5.43 Å². The normalized spacial score (nSPS) is 11.9. The lowest BCUT2D eigenvalue weighted by molar-refractivity contribution is -0.119. The van der Waals surface area contributed by atoms with Gasteiger partial charge in [0.1, 0.15) is 6.54 Å². The fraction of sp³-hybridized carbons (Fsp3) is 0.300. The third-order valence-electron chi connectivity index (χ3n) is 3.97. The average molecular weight is 388 g/mol. The summed E-state index contributed by atoms with van der Waals surface area (Å²) < 4.78 is 25.2. The molecule has 27 heavy (non-hydrogen) atoms. The minimum absolute atomic E-state index is 0.322. The van der Waals surface area contributed by atoms with E-state index in [9.17, 15) is 13.2 Å². The van der Waals surface area contributed by atoms with Gasteiger partial charge in [-0.1, -0.05) is 42.5 Å². The predicted molar refractivity (Wildman–Crippen MR) is 109 cm³/mol. The van der Waals surface area contributed by atoms with Gasteiger partial charge in [0.15, 0.2) is 0 Å². The fourth-order valence-electron chi connectivity index (χ4n) is 2.53. The maximum absolute atomic E-state index is 12.2. The molecule has 0 aliphatic rings. The summed E-state index contributed by atoms with van der Waals surface area (Å²) in [6, 6.07) is 17.0. The van der Waals surface area contributed by atoms with Gasteiger partial charge in [0.05, 0.1) is 11.9 Å². The van der Waals surface area contributed by atoms with Crippen molar-refractivity contribution in [1.29, 1.82) is 0 Å². The monoisotopic (exact) mass is 387 g/mol. The van der Waals surface area contributed by atoms with Crippen LogP contribution in [0.3, 0.4) is 0 Å². The lowest BCUT2D eigenvalue weighted by Crippen LogP contribution is -2.39. The second-order valence-electron chi connectivity index (χ2n) is 6.48. The van der Waals surface area contributed by atoms with E-state index in [0.717, 1.165) is 28.3 Å². The molecule has 1 amide bonds. The molecule has 0 aliphatic heterocycles. The summed E-state index contributed by atoms with van der Waals surface area (Å²) in [5.41, 5.74) is 5.79. The lowest BCUT2D eigenvalue weighted by atomic mass is 10.1. The predicted octanol–water partition coefficient (Wildman–Crippen LogP) is 2.89. The van der Waals surface area contributed by atoms with E-state index in [0.29, 0.717) is 12.1 Å². The third kappa shape index (κ3) is 6.86. The lowest BCUT2D eigenvalue weighted by Gasteiger charge is -2.21. The van der Waals surface area contributed by atoms with E-state index in [1.807, 2.05) is 50.2 Å². The molecular weight excluding hydrogens is 362 g/mol. The summed E-state index contributed by atoms with van der Waals surface area (Å²) in [7, 11) is -3.59. The Bertz CT molecular complexity index is 909. The highest BCUT2D eigenvalue weighted by Crippen LogP contribution is 2.18. The molecule has 0 saturated carbocycles. The Labute approximate surface area is 161 Å². The van der Waals surface area contributed by atoms with Gasteiger partial charge in [-0.15, -0.1) is 0 Å². The molecule has 2 aromatic carbocycles. The highest BCUT2D eigenvalue weighted by molar-refractivity contribution is 7.92. The summed E-state index contributed by atoms with van der Waals surface area (Å²) in [5, 5.41) is 4.08. The molecule has 0 fully saturated rings. The minimum atomic E-state index is -3.59. The molecule has 0 bridgehead atoms. The van der Waals surface area contributed by atoms with Gasteiger partial charge in [-0.25, -0.2) is 13.8 Å². The molecule has 0 saturated heterocycles. The highest BCUT2D eigenvalue weighted by atomic mass is 32.2. The van der Waals surface area contributed by atoms with E-state index in [-0.39, 0.29) is 6.54 Å². The molecule has 0 atom stereocenters. The molecule has 7 heteroatoms. The Hall–Kier alpha value is -2.67. The number of aryl methyl sites for hydroxylation is 2. The Morgan fingerprint density at radius 1 is 1.11 bits per heavy atom. The van der Waals surface area contributed by atoms with Crippen molar-refractivity contribution in [3.8, 4) is 0 Å². The standard InChI is InChI=1S/C20H25N3O3S/c1-16-8-7-11-19(14-16)23(27(3,25)26)15-20(24)22-21-17(2)12-13-18-9-5-4-6-10-18/h4-11,14H,12-13,15H2,1-3H3,(H,22,24). The number of carbonyl (C=O) groups excluding carboxylic acids is 1. The van der Waals surface area contributed by atoms with Crippen LogP contribution in [0.1, 0.15) is 24.5 Å². The van der Waals surface area contributed by atoms with Crippen molar-refractivity contribution in [3.63, 3.8) is 0 Å². The molecule has 2 rings (SSSR count). The Morgan fingerprint density at radius 3 is 2.44 bits per heavy atom. The number of hydrogen-bond donors (Lipinski definition) is 1. The van der Waals surface area contributed by atoms with Crippen LogP contribution in [0.5, 0.6) is 0 Å². The van der Waals surface area contributed by atoms with Crippen molar-refractivity contribution in [2.75, 3.05) is 17.1 Å². The molecule has 0 radical (unpaired) electrons. The Kier molecular flexibility index (Phi) is 7.12. The van der Waals surface area contributed by atoms with E-state index in [2.05, 4.69) is 10.5 Å². The molecule has 1 N–H and O–H groups in total. The summed E-state index contributed by atoms with van der Waals surface area (Å²) in [6.45, 7) is 3.38. The van der Waals surface area contributed by atoms with E-state index in [4.69, 9.17) is 0 Å².